The van der Waals surface area contributed by atoms with E-state index in [1.54, 1.807) is 21.3 Å². The fourth-order valence-corrected chi connectivity index (χ4v) is 2.67. The number of benzene rings is 1. The second kappa shape index (κ2) is 9.98. The summed E-state index contributed by atoms with van der Waals surface area (Å²) >= 11 is 0. The number of hydrogen-bond donors (Lipinski definition) is 1. The van der Waals surface area contributed by atoms with E-state index in [1.807, 2.05) is 12.1 Å². The third-order valence-corrected chi connectivity index (χ3v) is 3.84. The molecule has 0 unspecified atom stereocenters. The zero-order valence-corrected chi connectivity index (χ0v) is 14.9. The molecule has 0 fully saturated rings. The van der Waals surface area contributed by atoms with Crippen LogP contribution in [-0.4, -0.2) is 27.2 Å². The molecule has 0 saturated heterocycles. The normalized spacial score (nSPS) is 10.5. The van der Waals surface area contributed by atoms with Crippen LogP contribution in [0.1, 0.15) is 45.1 Å². The van der Waals surface area contributed by atoms with Crippen LogP contribution in [-0.2, 0) is 11.3 Å². The average molecular weight is 323 g/mol. The molecule has 5 heteroatoms. The van der Waals surface area contributed by atoms with Crippen LogP contribution in [0.2, 0.25) is 0 Å². The molecule has 0 spiro atoms. The van der Waals surface area contributed by atoms with Crippen LogP contribution in [0.4, 0.5) is 0 Å². The molecule has 0 aliphatic carbocycles. The van der Waals surface area contributed by atoms with Gasteiger partial charge in [0.1, 0.15) is 0 Å². The first-order valence-electron chi connectivity index (χ1n) is 8.17. The van der Waals surface area contributed by atoms with Crippen LogP contribution in [0.5, 0.6) is 17.2 Å². The Balaban J connectivity index is 2.82. The zero-order valence-electron chi connectivity index (χ0n) is 14.9. The van der Waals surface area contributed by atoms with Crippen molar-refractivity contribution in [2.45, 2.75) is 46.1 Å². The molecule has 1 aromatic carbocycles. The smallest absolute Gasteiger partial charge is 0.223 e. The highest BCUT2D eigenvalue weighted by Gasteiger charge is 2.17. The molecule has 1 N–H and O–H groups in total. The van der Waals surface area contributed by atoms with Gasteiger partial charge in [-0.05, 0) is 30.5 Å². The predicted octanol–water partition coefficient (Wildman–Crippen LogP) is 3.55. The fraction of sp³-hybridized carbons (Fsp3) is 0.611. The van der Waals surface area contributed by atoms with Crippen molar-refractivity contribution in [3.63, 3.8) is 0 Å². The van der Waals surface area contributed by atoms with Crippen molar-refractivity contribution in [3.05, 3.63) is 17.7 Å². The molecule has 0 atom stereocenters. The first-order valence-corrected chi connectivity index (χ1v) is 8.17. The Hall–Kier alpha value is -1.91. The molecule has 1 amide bonds. The molecule has 5 nitrogen and oxygen atoms in total. The summed E-state index contributed by atoms with van der Waals surface area (Å²) in [5.74, 6) is 1.94. The lowest BCUT2D eigenvalue weighted by Crippen LogP contribution is -2.30. The van der Waals surface area contributed by atoms with Gasteiger partial charge >= 0.3 is 0 Å². The Labute approximate surface area is 139 Å². The Morgan fingerprint density at radius 3 is 1.91 bits per heavy atom. The number of hydrogen-bond acceptors (Lipinski definition) is 4. The third-order valence-electron chi connectivity index (χ3n) is 3.84. The van der Waals surface area contributed by atoms with Crippen molar-refractivity contribution in [2.75, 3.05) is 21.3 Å². The third kappa shape index (κ3) is 5.34. The van der Waals surface area contributed by atoms with Gasteiger partial charge in [-0.25, -0.2) is 0 Å². The van der Waals surface area contributed by atoms with E-state index < -0.39 is 0 Å². The van der Waals surface area contributed by atoms with Gasteiger partial charge in [-0.3, -0.25) is 4.79 Å². The van der Waals surface area contributed by atoms with Crippen LogP contribution in [0.15, 0.2) is 12.1 Å². The maximum atomic E-state index is 12.3. The predicted molar refractivity (Wildman–Crippen MR) is 91.3 cm³/mol. The molecular weight excluding hydrogens is 294 g/mol. The summed E-state index contributed by atoms with van der Waals surface area (Å²) in [7, 11) is 4.73. The van der Waals surface area contributed by atoms with Crippen molar-refractivity contribution in [1.82, 2.24) is 5.32 Å². The summed E-state index contributed by atoms with van der Waals surface area (Å²) in [6.07, 6.45) is 3.88. The van der Waals surface area contributed by atoms with Gasteiger partial charge in [0, 0.05) is 12.5 Å². The van der Waals surface area contributed by atoms with E-state index in [0.717, 1.165) is 31.2 Å². The highest BCUT2D eigenvalue weighted by atomic mass is 16.5. The van der Waals surface area contributed by atoms with Gasteiger partial charge in [-0.2, -0.15) is 0 Å². The van der Waals surface area contributed by atoms with Gasteiger partial charge in [-0.15, -0.1) is 0 Å². The van der Waals surface area contributed by atoms with Gasteiger partial charge in [0.25, 0.3) is 0 Å². The topological polar surface area (TPSA) is 56.8 Å². The number of methoxy groups -OCH3 is 3. The quantitative estimate of drug-likeness (QED) is 0.715. The summed E-state index contributed by atoms with van der Waals surface area (Å²) in [5, 5.41) is 3.02. The van der Waals surface area contributed by atoms with E-state index in [-0.39, 0.29) is 11.8 Å². The highest BCUT2D eigenvalue weighted by molar-refractivity contribution is 5.78. The number of carbonyl (C=O) groups is 1. The van der Waals surface area contributed by atoms with Gasteiger partial charge in [0.05, 0.1) is 21.3 Å². The van der Waals surface area contributed by atoms with Crippen molar-refractivity contribution < 1.29 is 19.0 Å². The maximum absolute atomic E-state index is 12.3. The molecule has 0 heterocycles. The molecule has 0 saturated carbocycles. The van der Waals surface area contributed by atoms with Crippen LogP contribution < -0.4 is 19.5 Å². The molecule has 23 heavy (non-hydrogen) atoms. The van der Waals surface area contributed by atoms with Crippen molar-refractivity contribution >= 4 is 5.91 Å². The Morgan fingerprint density at radius 1 is 1.00 bits per heavy atom. The molecule has 130 valence electrons. The number of carbonyl (C=O) groups excluding carboxylic acids is 1. The monoisotopic (exact) mass is 323 g/mol. The molecule has 1 aromatic rings. The van der Waals surface area contributed by atoms with E-state index in [0.29, 0.717) is 23.8 Å². The van der Waals surface area contributed by atoms with Crippen molar-refractivity contribution in [1.29, 1.82) is 0 Å². The number of rotatable bonds is 10. The van der Waals surface area contributed by atoms with Crippen LogP contribution in [0.25, 0.3) is 0 Å². The first kappa shape index (κ1) is 19.1. The number of amides is 1. The van der Waals surface area contributed by atoms with Crippen molar-refractivity contribution in [2.24, 2.45) is 5.92 Å². The SMILES string of the molecule is CCCC(CCC)C(=O)NCc1cc(OC)c(OC)c(OC)c1. The maximum Gasteiger partial charge on any atom is 0.223 e. The van der Waals surface area contributed by atoms with Crippen LogP contribution in [0.3, 0.4) is 0 Å². The summed E-state index contributed by atoms with van der Waals surface area (Å²) in [5.41, 5.74) is 0.916. The summed E-state index contributed by atoms with van der Waals surface area (Å²) < 4.78 is 16.0. The summed E-state index contributed by atoms with van der Waals surface area (Å²) in [4.78, 5) is 12.3. The Morgan fingerprint density at radius 2 is 1.52 bits per heavy atom. The lowest BCUT2D eigenvalue weighted by Gasteiger charge is -2.17. The van der Waals surface area contributed by atoms with Gasteiger partial charge < -0.3 is 19.5 Å². The summed E-state index contributed by atoms with van der Waals surface area (Å²) in [6.45, 7) is 4.66. The lowest BCUT2D eigenvalue weighted by molar-refractivity contribution is -0.125. The second-order valence-corrected chi connectivity index (χ2v) is 5.53. The van der Waals surface area contributed by atoms with E-state index in [1.165, 1.54) is 0 Å². The highest BCUT2D eigenvalue weighted by Crippen LogP contribution is 2.38. The number of nitrogens with one attached hydrogen (secondary N) is 1. The Kier molecular flexibility index (Phi) is 8.30. The van der Waals surface area contributed by atoms with Gasteiger partial charge in [0.15, 0.2) is 11.5 Å². The minimum Gasteiger partial charge on any atom is -0.493 e. The van der Waals surface area contributed by atoms with E-state index in [4.69, 9.17) is 14.2 Å². The van der Waals surface area contributed by atoms with Gasteiger partial charge in [0.2, 0.25) is 11.7 Å². The molecule has 0 radical (unpaired) electrons. The molecule has 0 aromatic heterocycles. The largest absolute Gasteiger partial charge is 0.493 e. The average Bonchev–Trinajstić information content (AvgIpc) is 2.58. The van der Waals surface area contributed by atoms with Gasteiger partial charge in [-0.1, -0.05) is 26.7 Å². The standard InChI is InChI=1S/C18H29NO4/c1-6-8-14(9-7-2)18(20)19-12-13-10-15(21-3)17(23-5)16(11-13)22-4/h10-11,14H,6-9,12H2,1-5H3,(H,19,20). The Bertz CT molecular complexity index is 471. The molecule has 0 aliphatic heterocycles. The zero-order chi connectivity index (χ0) is 17.2. The van der Waals surface area contributed by atoms with E-state index in [2.05, 4.69) is 19.2 Å². The second-order valence-electron chi connectivity index (χ2n) is 5.53. The molecular formula is C18H29NO4. The molecule has 1 rings (SSSR count). The van der Waals surface area contributed by atoms with Crippen LogP contribution >= 0.6 is 0 Å². The lowest BCUT2D eigenvalue weighted by atomic mass is 9.97. The van der Waals surface area contributed by atoms with Crippen LogP contribution in [0, 0.1) is 5.92 Å². The van der Waals surface area contributed by atoms with E-state index >= 15 is 0 Å². The fourth-order valence-electron chi connectivity index (χ4n) is 2.67. The molecule has 0 bridgehead atoms. The number of ether oxygens (including phenoxy) is 3. The minimum atomic E-state index is 0.0899. The summed E-state index contributed by atoms with van der Waals surface area (Å²) in [6, 6.07) is 3.71. The van der Waals surface area contributed by atoms with Crippen molar-refractivity contribution in [3.8, 4) is 17.2 Å². The first-order chi connectivity index (χ1) is 11.1. The van der Waals surface area contributed by atoms with E-state index in [9.17, 15) is 4.79 Å². The minimum absolute atomic E-state index is 0.0899. The molecule has 0 aliphatic rings.